The first-order chi connectivity index (χ1) is 18.7. The summed E-state index contributed by atoms with van der Waals surface area (Å²) >= 11 is 0. The molecular weight excluding hydrogens is 466 g/mol. The first kappa shape index (κ1) is 35.1. The second kappa shape index (κ2) is 26.3. The highest BCUT2D eigenvalue weighted by Gasteiger charge is 2.19. The lowest BCUT2D eigenvalue weighted by Crippen LogP contribution is -2.39. The molecule has 38 heavy (non-hydrogen) atoms. The molecule has 0 aliphatic rings. The summed E-state index contributed by atoms with van der Waals surface area (Å²) in [5, 5.41) is 0. The quantitative estimate of drug-likeness (QED) is 0.100. The van der Waals surface area contributed by atoms with E-state index in [2.05, 4.69) is 62.9 Å². The lowest BCUT2D eigenvalue weighted by molar-refractivity contribution is -0.00843. The normalized spacial score (nSPS) is 13.3. The van der Waals surface area contributed by atoms with Crippen molar-refractivity contribution in [2.24, 2.45) is 0 Å². The first-order valence-electron chi connectivity index (χ1n) is 16.7. The van der Waals surface area contributed by atoms with Crippen LogP contribution in [0.1, 0.15) is 149 Å². The molecule has 0 aromatic heterocycles. The van der Waals surface area contributed by atoms with Gasteiger partial charge in [0.25, 0.3) is 0 Å². The van der Waals surface area contributed by atoms with Crippen LogP contribution in [0, 0.1) is 0 Å². The number of rotatable bonds is 28. The van der Waals surface area contributed by atoms with E-state index in [1.807, 2.05) is 0 Å². The van der Waals surface area contributed by atoms with E-state index < -0.39 is 0 Å². The zero-order valence-corrected chi connectivity index (χ0v) is 26.1. The van der Waals surface area contributed by atoms with E-state index in [0.717, 1.165) is 32.8 Å². The molecule has 0 fully saturated rings. The van der Waals surface area contributed by atoms with Gasteiger partial charge in [0.15, 0.2) is 0 Å². The van der Waals surface area contributed by atoms with Gasteiger partial charge in [-0.3, -0.25) is 4.90 Å². The van der Waals surface area contributed by atoms with Crippen molar-refractivity contribution in [1.82, 2.24) is 4.90 Å². The summed E-state index contributed by atoms with van der Waals surface area (Å²) in [6.45, 7) is 13.5. The highest BCUT2D eigenvalue weighted by molar-refractivity contribution is 5.14. The molecule has 0 bridgehead atoms. The second-order valence-corrected chi connectivity index (χ2v) is 11.4. The summed E-state index contributed by atoms with van der Waals surface area (Å²) in [7, 11) is 0. The fourth-order valence-electron chi connectivity index (χ4n) is 5.56. The molecule has 1 rings (SSSR count). The predicted octanol–water partition coefficient (Wildman–Crippen LogP) is 10.4. The Morgan fingerprint density at radius 1 is 0.526 bits per heavy atom. The topological polar surface area (TPSA) is 21.7 Å². The van der Waals surface area contributed by atoms with Crippen LogP contribution < -0.4 is 0 Å². The van der Waals surface area contributed by atoms with Gasteiger partial charge in [-0.2, -0.15) is 0 Å². The van der Waals surface area contributed by atoms with Crippen molar-refractivity contribution in [2.45, 2.75) is 162 Å². The summed E-state index contributed by atoms with van der Waals surface area (Å²) in [5.74, 6) is 0. The van der Waals surface area contributed by atoms with Gasteiger partial charge in [-0.15, -0.1) is 0 Å². The van der Waals surface area contributed by atoms with Crippen molar-refractivity contribution in [3.8, 4) is 0 Å². The van der Waals surface area contributed by atoms with E-state index in [1.165, 1.54) is 121 Å². The van der Waals surface area contributed by atoms with Crippen LogP contribution in [0.15, 0.2) is 30.3 Å². The highest BCUT2D eigenvalue weighted by atomic mass is 16.5. The van der Waals surface area contributed by atoms with E-state index in [0.29, 0.717) is 12.2 Å². The van der Waals surface area contributed by atoms with E-state index in [-0.39, 0.29) is 0 Å². The molecular formula is C35H65NO2. The van der Waals surface area contributed by atoms with Crippen molar-refractivity contribution >= 4 is 0 Å². The molecule has 2 atom stereocenters. The average Bonchev–Trinajstić information content (AvgIpc) is 2.92. The Kier molecular flexibility index (Phi) is 24.3. The molecule has 0 radical (unpaired) electrons. The molecule has 1 aromatic carbocycles. The van der Waals surface area contributed by atoms with Gasteiger partial charge in [0.2, 0.25) is 0 Å². The minimum Gasteiger partial charge on any atom is -0.377 e. The SMILES string of the molecule is CCCCCCCCCCC(CN(Cc1ccccc1)CC(CCCCCCCCCC)OCC)OCC. The molecule has 0 amide bonds. The molecule has 0 aliphatic heterocycles. The van der Waals surface area contributed by atoms with Gasteiger partial charge in [0, 0.05) is 32.8 Å². The molecule has 0 aliphatic carbocycles. The molecule has 3 heteroatoms. The van der Waals surface area contributed by atoms with Gasteiger partial charge in [0.05, 0.1) is 12.2 Å². The maximum Gasteiger partial charge on any atom is 0.0702 e. The van der Waals surface area contributed by atoms with Gasteiger partial charge in [-0.25, -0.2) is 0 Å². The third-order valence-corrected chi connectivity index (χ3v) is 7.74. The minimum atomic E-state index is 0.314. The first-order valence-corrected chi connectivity index (χ1v) is 16.7. The summed E-state index contributed by atoms with van der Waals surface area (Å²) in [5.41, 5.74) is 1.39. The van der Waals surface area contributed by atoms with Crippen LogP contribution in [0.25, 0.3) is 0 Å². The number of ether oxygens (including phenoxy) is 2. The summed E-state index contributed by atoms with van der Waals surface area (Å²) < 4.78 is 12.6. The Balaban J connectivity index is 2.58. The number of hydrogen-bond donors (Lipinski definition) is 0. The third-order valence-electron chi connectivity index (χ3n) is 7.74. The van der Waals surface area contributed by atoms with Gasteiger partial charge in [-0.05, 0) is 32.3 Å². The Morgan fingerprint density at radius 2 is 0.921 bits per heavy atom. The van der Waals surface area contributed by atoms with Gasteiger partial charge < -0.3 is 9.47 Å². The smallest absolute Gasteiger partial charge is 0.0702 e. The summed E-state index contributed by atoms with van der Waals surface area (Å²) in [6, 6.07) is 11.0. The molecule has 2 unspecified atom stereocenters. The molecule has 0 N–H and O–H groups in total. The lowest BCUT2D eigenvalue weighted by Gasteiger charge is -2.31. The zero-order chi connectivity index (χ0) is 27.5. The maximum atomic E-state index is 6.28. The minimum absolute atomic E-state index is 0.314. The van der Waals surface area contributed by atoms with Crippen molar-refractivity contribution in [1.29, 1.82) is 0 Å². The van der Waals surface area contributed by atoms with E-state index in [9.17, 15) is 0 Å². The lowest BCUT2D eigenvalue weighted by atomic mass is 10.0. The molecule has 0 saturated carbocycles. The molecule has 0 heterocycles. The van der Waals surface area contributed by atoms with E-state index in [1.54, 1.807) is 0 Å². The van der Waals surface area contributed by atoms with Crippen molar-refractivity contribution in [2.75, 3.05) is 26.3 Å². The Morgan fingerprint density at radius 3 is 1.32 bits per heavy atom. The van der Waals surface area contributed by atoms with Crippen LogP contribution in [0.4, 0.5) is 0 Å². The molecule has 3 nitrogen and oxygen atoms in total. The van der Waals surface area contributed by atoms with Gasteiger partial charge in [-0.1, -0.05) is 147 Å². The van der Waals surface area contributed by atoms with Crippen LogP contribution in [-0.2, 0) is 16.0 Å². The van der Waals surface area contributed by atoms with Crippen LogP contribution in [0.5, 0.6) is 0 Å². The second-order valence-electron chi connectivity index (χ2n) is 11.4. The Labute approximate surface area is 238 Å². The van der Waals surface area contributed by atoms with Gasteiger partial charge in [0.1, 0.15) is 0 Å². The monoisotopic (exact) mass is 532 g/mol. The molecule has 0 saturated heterocycles. The fraction of sp³-hybridized carbons (Fsp3) is 0.829. The van der Waals surface area contributed by atoms with Gasteiger partial charge >= 0.3 is 0 Å². The molecule has 1 aromatic rings. The third kappa shape index (κ3) is 20.1. The molecule has 0 spiro atoms. The summed E-state index contributed by atoms with van der Waals surface area (Å²) in [4.78, 5) is 2.62. The zero-order valence-electron chi connectivity index (χ0n) is 26.1. The van der Waals surface area contributed by atoms with Crippen LogP contribution in [0.2, 0.25) is 0 Å². The van der Waals surface area contributed by atoms with Crippen LogP contribution in [-0.4, -0.2) is 43.4 Å². The summed E-state index contributed by atoms with van der Waals surface area (Å²) in [6.07, 6.45) is 24.9. The van der Waals surface area contributed by atoms with E-state index >= 15 is 0 Å². The van der Waals surface area contributed by atoms with Crippen molar-refractivity contribution in [3.05, 3.63) is 35.9 Å². The highest BCUT2D eigenvalue weighted by Crippen LogP contribution is 2.17. The van der Waals surface area contributed by atoms with Crippen molar-refractivity contribution in [3.63, 3.8) is 0 Å². The average molecular weight is 532 g/mol. The number of benzene rings is 1. The Hall–Kier alpha value is -0.900. The maximum absolute atomic E-state index is 6.28. The fourth-order valence-corrected chi connectivity index (χ4v) is 5.56. The largest absolute Gasteiger partial charge is 0.377 e. The number of nitrogens with zero attached hydrogens (tertiary/aromatic N) is 1. The Bertz CT molecular complexity index is 561. The molecule has 222 valence electrons. The number of hydrogen-bond acceptors (Lipinski definition) is 3. The van der Waals surface area contributed by atoms with Crippen LogP contribution >= 0.6 is 0 Å². The number of unbranched alkanes of at least 4 members (excludes halogenated alkanes) is 14. The van der Waals surface area contributed by atoms with E-state index in [4.69, 9.17) is 9.47 Å². The van der Waals surface area contributed by atoms with Crippen LogP contribution in [0.3, 0.4) is 0 Å². The standard InChI is InChI=1S/C35H65NO2/c1-5-9-11-13-15-17-19-24-28-34(37-7-3)31-36(30-33-26-22-21-23-27-33)32-35(38-8-4)29-25-20-18-16-14-12-10-6-2/h21-23,26-27,34-35H,5-20,24-25,28-32H2,1-4H3. The van der Waals surface area contributed by atoms with Crippen molar-refractivity contribution < 1.29 is 9.47 Å². The predicted molar refractivity (Wildman–Crippen MR) is 167 cm³/mol.